The lowest BCUT2D eigenvalue weighted by Gasteiger charge is -2.08. The topological polar surface area (TPSA) is 98.2 Å². The summed E-state index contributed by atoms with van der Waals surface area (Å²) in [4.78, 5) is 22.3. The molecule has 0 saturated carbocycles. The summed E-state index contributed by atoms with van der Waals surface area (Å²) in [5.41, 5.74) is 12.6. The number of amides is 2. The lowest BCUT2D eigenvalue weighted by Crippen LogP contribution is -2.26. The third-order valence-electron chi connectivity index (χ3n) is 2.45. The molecule has 0 spiro atoms. The molecule has 2 amide bonds. The number of aryl methyl sites for hydroxylation is 1. The van der Waals surface area contributed by atoms with Crippen molar-refractivity contribution in [3.05, 3.63) is 29.3 Å². The van der Waals surface area contributed by atoms with Crippen molar-refractivity contribution in [2.75, 3.05) is 12.3 Å². The zero-order chi connectivity index (χ0) is 12.8. The number of nitrogens with one attached hydrogen (secondary N) is 1. The van der Waals surface area contributed by atoms with Crippen LogP contribution in [-0.4, -0.2) is 18.4 Å². The normalized spacial score (nSPS) is 9.94. The van der Waals surface area contributed by atoms with Crippen LogP contribution in [0.1, 0.15) is 28.8 Å². The number of anilines is 1. The second-order valence-electron chi connectivity index (χ2n) is 3.86. The van der Waals surface area contributed by atoms with Crippen molar-refractivity contribution in [3.63, 3.8) is 0 Å². The van der Waals surface area contributed by atoms with Gasteiger partial charge in [-0.2, -0.15) is 0 Å². The van der Waals surface area contributed by atoms with Crippen LogP contribution in [0.4, 0.5) is 5.69 Å². The number of primary amides is 1. The third-order valence-corrected chi connectivity index (χ3v) is 2.45. The molecule has 5 N–H and O–H groups in total. The highest BCUT2D eigenvalue weighted by Gasteiger charge is 2.09. The fourth-order valence-corrected chi connectivity index (χ4v) is 1.44. The Morgan fingerprint density at radius 2 is 2.06 bits per heavy atom. The maximum atomic E-state index is 11.8. The Morgan fingerprint density at radius 3 is 2.71 bits per heavy atom. The molecule has 0 bridgehead atoms. The van der Waals surface area contributed by atoms with Gasteiger partial charge in [0, 0.05) is 18.7 Å². The first-order chi connectivity index (χ1) is 8.02. The van der Waals surface area contributed by atoms with Gasteiger partial charge in [-0.1, -0.05) is 12.1 Å². The van der Waals surface area contributed by atoms with Gasteiger partial charge < -0.3 is 16.8 Å². The van der Waals surface area contributed by atoms with Gasteiger partial charge in [0.2, 0.25) is 5.91 Å². The molecule has 0 saturated heterocycles. The Balaban J connectivity index is 2.53. The van der Waals surface area contributed by atoms with Crippen LogP contribution in [-0.2, 0) is 4.79 Å². The quantitative estimate of drug-likeness (QED) is 0.514. The number of nitrogen functional groups attached to an aromatic ring is 1. The van der Waals surface area contributed by atoms with Gasteiger partial charge in [0.1, 0.15) is 0 Å². The molecule has 92 valence electrons. The smallest absolute Gasteiger partial charge is 0.253 e. The minimum atomic E-state index is -0.366. The molecule has 0 atom stereocenters. The summed E-state index contributed by atoms with van der Waals surface area (Å²) in [6.45, 7) is 2.26. The van der Waals surface area contributed by atoms with E-state index in [0.717, 1.165) is 5.56 Å². The number of hydrogen-bond donors (Lipinski definition) is 3. The van der Waals surface area contributed by atoms with Crippen molar-refractivity contribution in [1.29, 1.82) is 0 Å². The molecule has 0 aliphatic heterocycles. The monoisotopic (exact) mass is 235 g/mol. The standard InChI is InChI=1S/C12H17N3O2/c1-8-4-2-5-9(11(8)14)12(17)15-7-3-6-10(13)16/h2,4-5H,3,6-7,14H2,1H3,(H2,13,16)(H,15,17). The predicted octanol–water partition coefficient (Wildman–Crippen LogP) is 0.573. The van der Waals surface area contributed by atoms with Crippen molar-refractivity contribution in [1.82, 2.24) is 5.32 Å². The molecule has 1 rings (SSSR count). The first-order valence-electron chi connectivity index (χ1n) is 5.44. The molecule has 0 radical (unpaired) electrons. The number of para-hydroxylation sites is 1. The van der Waals surface area contributed by atoms with Crippen LogP contribution in [0.3, 0.4) is 0 Å². The van der Waals surface area contributed by atoms with Crippen LogP contribution in [0.2, 0.25) is 0 Å². The summed E-state index contributed by atoms with van der Waals surface area (Å²) >= 11 is 0. The SMILES string of the molecule is Cc1cccc(C(=O)NCCCC(N)=O)c1N. The van der Waals surface area contributed by atoms with Gasteiger partial charge in [0.05, 0.1) is 5.56 Å². The highest BCUT2D eigenvalue weighted by molar-refractivity contribution is 5.99. The number of carbonyl (C=O) groups excluding carboxylic acids is 2. The van der Waals surface area contributed by atoms with E-state index in [0.29, 0.717) is 24.2 Å². The number of nitrogens with two attached hydrogens (primary N) is 2. The maximum absolute atomic E-state index is 11.8. The zero-order valence-electron chi connectivity index (χ0n) is 9.82. The minimum Gasteiger partial charge on any atom is -0.398 e. The molecule has 5 nitrogen and oxygen atoms in total. The molecule has 17 heavy (non-hydrogen) atoms. The summed E-state index contributed by atoms with van der Waals surface area (Å²) < 4.78 is 0. The van der Waals surface area contributed by atoms with Gasteiger partial charge in [-0.15, -0.1) is 0 Å². The van der Waals surface area contributed by atoms with E-state index >= 15 is 0 Å². The summed E-state index contributed by atoms with van der Waals surface area (Å²) in [6.07, 6.45) is 0.802. The summed E-state index contributed by atoms with van der Waals surface area (Å²) in [5.74, 6) is -0.593. The molecule has 0 fully saturated rings. The molecule has 1 aromatic rings. The van der Waals surface area contributed by atoms with Crippen LogP contribution in [0.25, 0.3) is 0 Å². The van der Waals surface area contributed by atoms with Crippen molar-refractivity contribution in [3.8, 4) is 0 Å². The van der Waals surface area contributed by atoms with E-state index in [1.165, 1.54) is 0 Å². The molecule has 0 unspecified atom stereocenters. The van der Waals surface area contributed by atoms with E-state index in [4.69, 9.17) is 11.5 Å². The van der Waals surface area contributed by atoms with E-state index in [9.17, 15) is 9.59 Å². The lowest BCUT2D eigenvalue weighted by atomic mass is 10.1. The van der Waals surface area contributed by atoms with Crippen molar-refractivity contribution in [2.45, 2.75) is 19.8 Å². The molecular formula is C12H17N3O2. The molecule has 0 aliphatic rings. The molecule has 0 aliphatic carbocycles. The molecule has 5 heteroatoms. The Morgan fingerprint density at radius 1 is 1.35 bits per heavy atom. The third kappa shape index (κ3) is 3.79. The first kappa shape index (κ1) is 13.0. The Kier molecular flexibility index (Phi) is 4.51. The number of carbonyl (C=O) groups is 2. The van der Waals surface area contributed by atoms with E-state index in [-0.39, 0.29) is 18.2 Å². The minimum absolute atomic E-state index is 0.226. The molecule has 0 heterocycles. The Bertz CT molecular complexity index is 430. The van der Waals surface area contributed by atoms with E-state index in [1.807, 2.05) is 13.0 Å². The van der Waals surface area contributed by atoms with E-state index < -0.39 is 0 Å². The van der Waals surface area contributed by atoms with E-state index in [1.54, 1.807) is 12.1 Å². The van der Waals surface area contributed by atoms with Gasteiger partial charge in [-0.3, -0.25) is 9.59 Å². The van der Waals surface area contributed by atoms with Crippen LogP contribution in [0.15, 0.2) is 18.2 Å². The largest absolute Gasteiger partial charge is 0.398 e. The highest BCUT2D eigenvalue weighted by atomic mass is 16.2. The van der Waals surface area contributed by atoms with Gasteiger partial charge in [0.15, 0.2) is 0 Å². The number of rotatable bonds is 5. The average Bonchev–Trinajstić information content (AvgIpc) is 2.27. The summed E-state index contributed by atoms with van der Waals surface area (Å²) in [7, 11) is 0. The van der Waals surface area contributed by atoms with Gasteiger partial charge in [-0.25, -0.2) is 0 Å². The van der Waals surface area contributed by atoms with Gasteiger partial charge in [-0.05, 0) is 25.0 Å². The summed E-state index contributed by atoms with van der Waals surface area (Å²) in [5, 5.41) is 2.70. The Labute approximate surface area is 100 Å². The van der Waals surface area contributed by atoms with Crippen molar-refractivity contribution >= 4 is 17.5 Å². The number of benzene rings is 1. The highest BCUT2D eigenvalue weighted by Crippen LogP contribution is 2.15. The molecule has 0 aromatic heterocycles. The maximum Gasteiger partial charge on any atom is 0.253 e. The zero-order valence-corrected chi connectivity index (χ0v) is 9.82. The fourth-order valence-electron chi connectivity index (χ4n) is 1.44. The van der Waals surface area contributed by atoms with E-state index in [2.05, 4.69) is 5.32 Å². The second kappa shape index (κ2) is 5.89. The van der Waals surface area contributed by atoms with Crippen LogP contribution >= 0.6 is 0 Å². The number of hydrogen-bond acceptors (Lipinski definition) is 3. The fraction of sp³-hybridized carbons (Fsp3) is 0.333. The van der Waals surface area contributed by atoms with Crippen molar-refractivity contribution < 1.29 is 9.59 Å². The summed E-state index contributed by atoms with van der Waals surface area (Å²) in [6, 6.07) is 5.30. The molecular weight excluding hydrogens is 218 g/mol. The average molecular weight is 235 g/mol. The Hall–Kier alpha value is -2.04. The van der Waals surface area contributed by atoms with Gasteiger partial charge >= 0.3 is 0 Å². The van der Waals surface area contributed by atoms with Crippen LogP contribution < -0.4 is 16.8 Å². The lowest BCUT2D eigenvalue weighted by molar-refractivity contribution is -0.118. The van der Waals surface area contributed by atoms with Crippen molar-refractivity contribution in [2.24, 2.45) is 5.73 Å². The predicted molar refractivity (Wildman–Crippen MR) is 66.4 cm³/mol. The first-order valence-corrected chi connectivity index (χ1v) is 5.44. The van der Waals surface area contributed by atoms with Crippen LogP contribution in [0, 0.1) is 6.92 Å². The van der Waals surface area contributed by atoms with Gasteiger partial charge in [0.25, 0.3) is 5.91 Å². The van der Waals surface area contributed by atoms with Crippen LogP contribution in [0.5, 0.6) is 0 Å². The second-order valence-corrected chi connectivity index (χ2v) is 3.86. The molecule has 1 aromatic carbocycles.